The Labute approximate surface area is 112 Å². The maximum Gasteiger partial charge on any atom is 0.222 e. The topological polar surface area (TPSA) is 20.3 Å². The summed E-state index contributed by atoms with van der Waals surface area (Å²) >= 11 is 11.6. The van der Waals surface area contributed by atoms with Crippen LogP contribution in [0.1, 0.15) is 12.0 Å². The molecule has 1 unspecified atom stereocenters. The minimum Gasteiger partial charge on any atom is -0.342 e. The van der Waals surface area contributed by atoms with Crippen molar-refractivity contribution in [3.63, 3.8) is 0 Å². The Kier molecular flexibility index (Phi) is 4.30. The number of carbonyl (C=O) groups is 1. The molecular weight excluding hydrogens is 257 g/mol. The first-order chi connectivity index (χ1) is 8.19. The van der Waals surface area contributed by atoms with Crippen molar-refractivity contribution in [2.75, 3.05) is 19.0 Å². The summed E-state index contributed by atoms with van der Waals surface area (Å²) in [5.74, 6) is 1.13. The number of hydrogen-bond donors (Lipinski definition) is 0. The summed E-state index contributed by atoms with van der Waals surface area (Å²) in [5.41, 5.74) is 1.21. The quantitative estimate of drug-likeness (QED) is 0.772. The van der Waals surface area contributed by atoms with E-state index in [0.717, 1.165) is 24.5 Å². The Morgan fingerprint density at radius 2 is 2.00 bits per heavy atom. The third-order valence-electron chi connectivity index (χ3n) is 3.10. The second-order valence-corrected chi connectivity index (χ2v) is 5.19. The Morgan fingerprint density at radius 3 is 2.59 bits per heavy atom. The summed E-state index contributed by atoms with van der Waals surface area (Å²) in [5, 5.41) is 0.744. The van der Waals surface area contributed by atoms with E-state index in [2.05, 4.69) is 0 Å². The van der Waals surface area contributed by atoms with Crippen molar-refractivity contribution in [1.29, 1.82) is 0 Å². The molecule has 92 valence electrons. The zero-order valence-corrected chi connectivity index (χ0v) is 11.0. The van der Waals surface area contributed by atoms with Crippen molar-refractivity contribution in [3.8, 4) is 0 Å². The molecule has 1 atom stereocenters. The highest BCUT2D eigenvalue weighted by Gasteiger charge is 2.28. The molecule has 1 fully saturated rings. The van der Waals surface area contributed by atoms with Crippen LogP contribution in [0.15, 0.2) is 24.3 Å². The minimum absolute atomic E-state index is 0.226. The van der Waals surface area contributed by atoms with Gasteiger partial charge in [0.25, 0.3) is 0 Å². The Balaban J connectivity index is 1.86. The van der Waals surface area contributed by atoms with Crippen molar-refractivity contribution < 1.29 is 4.79 Å². The molecule has 1 saturated heterocycles. The van der Waals surface area contributed by atoms with Crippen LogP contribution >= 0.6 is 23.2 Å². The fourth-order valence-corrected chi connectivity index (χ4v) is 2.42. The van der Waals surface area contributed by atoms with E-state index in [0.29, 0.717) is 18.2 Å². The molecule has 1 heterocycles. The monoisotopic (exact) mass is 271 g/mol. The van der Waals surface area contributed by atoms with E-state index >= 15 is 0 Å². The van der Waals surface area contributed by atoms with Gasteiger partial charge in [0.15, 0.2) is 0 Å². The van der Waals surface area contributed by atoms with Crippen LogP contribution in [0.3, 0.4) is 0 Å². The highest BCUT2D eigenvalue weighted by molar-refractivity contribution is 6.30. The number of likely N-dealkylation sites (tertiary alicyclic amines) is 1. The smallest absolute Gasteiger partial charge is 0.222 e. The SMILES string of the molecule is O=C1CC(CCl)CN1CCc1ccc(Cl)cc1. The predicted octanol–water partition coefficient (Wildman–Crippen LogP) is 2.97. The van der Waals surface area contributed by atoms with Crippen molar-refractivity contribution in [2.24, 2.45) is 5.92 Å². The normalized spacial score (nSPS) is 20.0. The average Bonchev–Trinajstić information content (AvgIpc) is 2.69. The van der Waals surface area contributed by atoms with Crippen molar-refractivity contribution in [1.82, 2.24) is 4.90 Å². The number of carbonyl (C=O) groups excluding carboxylic acids is 1. The van der Waals surface area contributed by atoms with Crippen molar-refractivity contribution >= 4 is 29.1 Å². The van der Waals surface area contributed by atoms with Gasteiger partial charge in [-0.05, 0) is 30.0 Å². The molecule has 1 aromatic rings. The van der Waals surface area contributed by atoms with Gasteiger partial charge in [-0.25, -0.2) is 0 Å². The van der Waals surface area contributed by atoms with Crippen LogP contribution in [0.2, 0.25) is 5.02 Å². The first-order valence-electron chi connectivity index (χ1n) is 5.77. The molecule has 0 radical (unpaired) electrons. The van der Waals surface area contributed by atoms with E-state index in [4.69, 9.17) is 23.2 Å². The van der Waals surface area contributed by atoms with Gasteiger partial charge in [0.1, 0.15) is 0 Å². The summed E-state index contributed by atoms with van der Waals surface area (Å²) in [7, 11) is 0. The van der Waals surface area contributed by atoms with Crippen molar-refractivity contribution in [2.45, 2.75) is 12.8 Å². The first-order valence-corrected chi connectivity index (χ1v) is 6.68. The molecule has 1 amide bonds. The molecule has 0 aromatic heterocycles. The largest absolute Gasteiger partial charge is 0.342 e. The standard InChI is InChI=1S/C13H15Cl2NO/c14-8-11-7-13(17)16(9-11)6-5-10-1-3-12(15)4-2-10/h1-4,11H,5-9H2. The zero-order chi connectivity index (χ0) is 12.3. The lowest BCUT2D eigenvalue weighted by atomic mass is 10.1. The van der Waals surface area contributed by atoms with Crippen LogP contribution in [0.4, 0.5) is 0 Å². The van der Waals surface area contributed by atoms with Gasteiger partial charge < -0.3 is 4.90 Å². The molecule has 0 N–H and O–H groups in total. The zero-order valence-electron chi connectivity index (χ0n) is 9.53. The summed E-state index contributed by atoms with van der Waals surface area (Å²) < 4.78 is 0. The van der Waals surface area contributed by atoms with E-state index in [1.54, 1.807) is 0 Å². The maximum absolute atomic E-state index is 11.7. The fourth-order valence-electron chi connectivity index (χ4n) is 2.09. The number of benzene rings is 1. The lowest BCUT2D eigenvalue weighted by Crippen LogP contribution is -2.27. The van der Waals surface area contributed by atoms with Gasteiger partial charge in [-0.2, -0.15) is 0 Å². The molecule has 0 aliphatic carbocycles. The molecule has 0 bridgehead atoms. The van der Waals surface area contributed by atoms with E-state index in [1.165, 1.54) is 5.56 Å². The average molecular weight is 272 g/mol. The molecule has 0 saturated carbocycles. The first kappa shape index (κ1) is 12.7. The third-order valence-corrected chi connectivity index (χ3v) is 3.78. The molecule has 0 spiro atoms. The van der Waals surface area contributed by atoms with Crippen LogP contribution in [0, 0.1) is 5.92 Å². The maximum atomic E-state index is 11.7. The highest BCUT2D eigenvalue weighted by Crippen LogP contribution is 2.19. The number of amides is 1. The summed E-state index contributed by atoms with van der Waals surface area (Å²) in [4.78, 5) is 13.6. The molecule has 1 aliphatic heterocycles. The van der Waals surface area contributed by atoms with Crippen molar-refractivity contribution in [3.05, 3.63) is 34.9 Å². The summed E-state index contributed by atoms with van der Waals surface area (Å²) in [6.07, 6.45) is 1.47. The van der Waals surface area contributed by atoms with E-state index in [1.807, 2.05) is 29.2 Å². The number of hydrogen-bond acceptors (Lipinski definition) is 1. The Bertz CT molecular complexity index is 391. The van der Waals surface area contributed by atoms with Gasteiger partial charge >= 0.3 is 0 Å². The summed E-state index contributed by atoms with van der Waals surface area (Å²) in [6, 6.07) is 7.76. The number of halogens is 2. The second-order valence-electron chi connectivity index (χ2n) is 4.44. The highest BCUT2D eigenvalue weighted by atomic mass is 35.5. The van der Waals surface area contributed by atoms with E-state index in [-0.39, 0.29) is 5.91 Å². The van der Waals surface area contributed by atoms with Crippen LogP contribution in [0.25, 0.3) is 0 Å². The second kappa shape index (κ2) is 5.74. The van der Waals surface area contributed by atoms with Crippen LogP contribution in [-0.4, -0.2) is 29.8 Å². The lowest BCUT2D eigenvalue weighted by Gasteiger charge is -2.16. The Hall–Kier alpha value is -0.730. The van der Waals surface area contributed by atoms with Gasteiger partial charge in [-0.15, -0.1) is 11.6 Å². The molecule has 17 heavy (non-hydrogen) atoms. The molecule has 4 heteroatoms. The van der Waals surface area contributed by atoms with Gasteiger partial charge in [-0.1, -0.05) is 23.7 Å². The molecule has 1 aromatic carbocycles. The van der Waals surface area contributed by atoms with Gasteiger partial charge in [0.2, 0.25) is 5.91 Å². The van der Waals surface area contributed by atoms with Crippen LogP contribution < -0.4 is 0 Å². The van der Waals surface area contributed by atoms with Gasteiger partial charge in [0, 0.05) is 30.4 Å². The molecule has 1 aliphatic rings. The van der Waals surface area contributed by atoms with Crippen LogP contribution in [-0.2, 0) is 11.2 Å². The molecule has 2 rings (SSSR count). The number of nitrogens with zero attached hydrogens (tertiary/aromatic N) is 1. The third kappa shape index (κ3) is 3.36. The van der Waals surface area contributed by atoms with Gasteiger partial charge in [-0.3, -0.25) is 4.79 Å². The molecular formula is C13H15Cl2NO. The van der Waals surface area contributed by atoms with Gasteiger partial charge in [0.05, 0.1) is 0 Å². The lowest BCUT2D eigenvalue weighted by molar-refractivity contribution is -0.127. The summed E-state index contributed by atoms with van der Waals surface area (Å²) in [6.45, 7) is 1.57. The Morgan fingerprint density at radius 1 is 1.29 bits per heavy atom. The fraction of sp³-hybridized carbons (Fsp3) is 0.462. The van der Waals surface area contributed by atoms with E-state index < -0.39 is 0 Å². The van der Waals surface area contributed by atoms with E-state index in [9.17, 15) is 4.79 Å². The number of alkyl halides is 1. The minimum atomic E-state index is 0.226. The predicted molar refractivity (Wildman–Crippen MR) is 70.6 cm³/mol. The number of rotatable bonds is 4. The molecule has 2 nitrogen and oxygen atoms in total. The van der Waals surface area contributed by atoms with Crippen LogP contribution in [0.5, 0.6) is 0 Å².